The van der Waals surface area contributed by atoms with Gasteiger partial charge in [-0.05, 0) is 42.3 Å². The monoisotopic (exact) mass is 449 g/mol. The minimum absolute atomic E-state index is 0.0642. The Bertz CT molecular complexity index is 1250. The van der Waals surface area contributed by atoms with Crippen molar-refractivity contribution in [1.82, 2.24) is 0 Å². The average molecular weight is 450 g/mol. The van der Waals surface area contributed by atoms with E-state index in [1.165, 1.54) is 24.1 Å². The van der Waals surface area contributed by atoms with Gasteiger partial charge in [0, 0.05) is 16.3 Å². The molecule has 0 aromatic heterocycles. The zero-order valence-electron chi connectivity index (χ0n) is 17.4. The Morgan fingerprint density at radius 1 is 1.03 bits per heavy atom. The van der Waals surface area contributed by atoms with Crippen LogP contribution in [0.2, 0.25) is 5.02 Å². The average Bonchev–Trinajstić information content (AvgIpc) is 3.06. The number of benzene rings is 3. The first-order valence-corrected chi connectivity index (χ1v) is 10.2. The molecule has 1 heterocycles. The SMILES string of the molecule is COc1cc([C@H]2/C(=C(\O)c3ccccc3)C(=O)C(=O)N2c2ccc(C)c(Cl)c2)ccc1O. The number of phenolic OH excluding ortho intramolecular Hbond substituents is 1. The van der Waals surface area contributed by atoms with E-state index in [2.05, 4.69) is 0 Å². The van der Waals surface area contributed by atoms with Crippen molar-refractivity contribution in [3.05, 3.63) is 94.0 Å². The van der Waals surface area contributed by atoms with Crippen LogP contribution in [-0.4, -0.2) is 29.0 Å². The first kappa shape index (κ1) is 21.5. The second-order valence-corrected chi connectivity index (χ2v) is 7.81. The van der Waals surface area contributed by atoms with Gasteiger partial charge in [0.15, 0.2) is 11.5 Å². The van der Waals surface area contributed by atoms with Gasteiger partial charge in [-0.3, -0.25) is 14.5 Å². The van der Waals surface area contributed by atoms with Crippen LogP contribution in [0.25, 0.3) is 5.76 Å². The van der Waals surface area contributed by atoms with Crippen molar-refractivity contribution < 1.29 is 24.5 Å². The predicted molar refractivity (Wildman–Crippen MR) is 122 cm³/mol. The summed E-state index contributed by atoms with van der Waals surface area (Å²) in [5.41, 5.74) is 2.05. The number of aliphatic hydroxyl groups is 1. The molecule has 4 rings (SSSR count). The fraction of sp³-hybridized carbons (Fsp3) is 0.120. The van der Waals surface area contributed by atoms with Crippen molar-refractivity contribution in [1.29, 1.82) is 0 Å². The molecule has 7 heteroatoms. The summed E-state index contributed by atoms with van der Waals surface area (Å²) in [6, 6.07) is 17.2. The Morgan fingerprint density at radius 3 is 2.41 bits per heavy atom. The summed E-state index contributed by atoms with van der Waals surface area (Å²) in [5, 5.41) is 21.5. The number of hydrogen-bond acceptors (Lipinski definition) is 5. The standard InChI is InChI=1S/C25H20ClNO5/c1-14-8-10-17(13-18(14)26)27-22(16-9-11-19(28)20(12-16)32-2)21(24(30)25(27)31)23(29)15-6-4-3-5-7-15/h3-13,22,28-29H,1-2H3/b23-21+/t22-/m0/s1. The number of Topliss-reactive ketones (excluding diaryl/α,β-unsaturated/α-hetero) is 1. The van der Waals surface area contributed by atoms with E-state index in [4.69, 9.17) is 16.3 Å². The fourth-order valence-corrected chi connectivity index (χ4v) is 3.94. The molecule has 162 valence electrons. The summed E-state index contributed by atoms with van der Waals surface area (Å²) in [6.45, 7) is 1.83. The largest absolute Gasteiger partial charge is 0.507 e. The third-order valence-corrected chi connectivity index (χ3v) is 5.85. The Balaban J connectivity index is 1.98. The first-order valence-electron chi connectivity index (χ1n) is 9.83. The third kappa shape index (κ3) is 3.59. The third-order valence-electron chi connectivity index (χ3n) is 5.44. The molecule has 1 fully saturated rings. The number of aliphatic hydroxyl groups excluding tert-OH is 1. The zero-order valence-corrected chi connectivity index (χ0v) is 18.1. The molecule has 1 aliphatic heterocycles. The highest BCUT2D eigenvalue weighted by atomic mass is 35.5. The molecular weight excluding hydrogens is 430 g/mol. The Labute approximate surface area is 189 Å². The summed E-state index contributed by atoms with van der Waals surface area (Å²) in [5.74, 6) is -1.81. The van der Waals surface area contributed by atoms with Crippen LogP contribution in [0.3, 0.4) is 0 Å². The number of aromatic hydroxyl groups is 1. The summed E-state index contributed by atoms with van der Waals surface area (Å²) in [6.07, 6.45) is 0. The van der Waals surface area contributed by atoms with Gasteiger partial charge >= 0.3 is 0 Å². The Hall–Kier alpha value is -3.77. The maximum absolute atomic E-state index is 13.2. The second-order valence-electron chi connectivity index (χ2n) is 7.40. The number of aryl methyl sites for hydroxylation is 1. The molecule has 0 aliphatic carbocycles. The number of methoxy groups -OCH3 is 1. The molecule has 2 N–H and O–H groups in total. The summed E-state index contributed by atoms with van der Waals surface area (Å²) in [7, 11) is 1.40. The lowest BCUT2D eigenvalue weighted by atomic mass is 9.94. The van der Waals surface area contributed by atoms with Crippen molar-refractivity contribution in [3.8, 4) is 11.5 Å². The van der Waals surface area contributed by atoms with E-state index in [1.807, 2.05) is 6.92 Å². The number of ketones is 1. The number of carbonyl (C=O) groups is 2. The molecule has 0 radical (unpaired) electrons. The van der Waals surface area contributed by atoms with Crippen LogP contribution in [0.5, 0.6) is 11.5 Å². The fourth-order valence-electron chi connectivity index (χ4n) is 3.76. The number of phenols is 1. The number of nitrogens with zero attached hydrogens (tertiary/aromatic N) is 1. The van der Waals surface area contributed by atoms with Crippen molar-refractivity contribution >= 4 is 34.7 Å². The molecule has 32 heavy (non-hydrogen) atoms. The van der Waals surface area contributed by atoms with Gasteiger partial charge in [0.25, 0.3) is 11.7 Å². The van der Waals surface area contributed by atoms with Crippen LogP contribution < -0.4 is 9.64 Å². The van der Waals surface area contributed by atoms with Crippen molar-refractivity contribution in [2.45, 2.75) is 13.0 Å². The Kier molecular flexibility index (Phi) is 5.63. The molecule has 3 aromatic carbocycles. The quantitative estimate of drug-likeness (QED) is 0.333. The van der Waals surface area contributed by atoms with Crippen molar-refractivity contribution in [3.63, 3.8) is 0 Å². The van der Waals surface area contributed by atoms with Crippen molar-refractivity contribution in [2.75, 3.05) is 12.0 Å². The number of amides is 1. The van der Waals surface area contributed by atoms with Crippen LogP contribution in [-0.2, 0) is 9.59 Å². The summed E-state index contributed by atoms with van der Waals surface area (Å²) in [4.78, 5) is 27.6. The van der Waals surface area contributed by atoms with Gasteiger partial charge in [0.05, 0.1) is 18.7 Å². The van der Waals surface area contributed by atoms with E-state index in [-0.39, 0.29) is 22.8 Å². The number of rotatable bonds is 4. The normalized spacial score (nSPS) is 17.6. The van der Waals surface area contributed by atoms with Crippen LogP contribution in [0.1, 0.15) is 22.7 Å². The van der Waals surface area contributed by atoms with E-state index in [0.717, 1.165) is 5.56 Å². The highest BCUT2D eigenvalue weighted by Gasteiger charge is 2.47. The zero-order chi connectivity index (χ0) is 23.0. The molecule has 3 aromatic rings. The predicted octanol–water partition coefficient (Wildman–Crippen LogP) is 4.99. The smallest absolute Gasteiger partial charge is 0.300 e. The van der Waals surface area contributed by atoms with Gasteiger partial charge < -0.3 is 14.9 Å². The molecular formula is C25H20ClNO5. The molecule has 1 amide bonds. The van der Waals surface area contributed by atoms with E-state index in [1.54, 1.807) is 54.6 Å². The van der Waals surface area contributed by atoms with E-state index in [9.17, 15) is 19.8 Å². The van der Waals surface area contributed by atoms with Gasteiger partial charge in [0.1, 0.15) is 5.76 Å². The van der Waals surface area contributed by atoms with Crippen LogP contribution >= 0.6 is 11.6 Å². The van der Waals surface area contributed by atoms with Crippen LogP contribution in [0.15, 0.2) is 72.3 Å². The summed E-state index contributed by atoms with van der Waals surface area (Å²) >= 11 is 6.30. The van der Waals surface area contributed by atoms with Gasteiger partial charge in [-0.15, -0.1) is 0 Å². The van der Waals surface area contributed by atoms with Crippen LogP contribution in [0.4, 0.5) is 5.69 Å². The van der Waals surface area contributed by atoms with E-state index in [0.29, 0.717) is 21.8 Å². The van der Waals surface area contributed by atoms with E-state index < -0.39 is 17.7 Å². The second kappa shape index (κ2) is 8.40. The molecule has 1 atom stereocenters. The topological polar surface area (TPSA) is 87.1 Å². The molecule has 0 bridgehead atoms. The van der Waals surface area contributed by atoms with Gasteiger partial charge in [-0.2, -0.15) is 0 Å². The van der Waals surface area contributed by atoms with Crippen molar-refractivity contribution in [2.24, 2.45) is 0 Å². The molecule has 0 unspecified atom stereocenters. The molecule has 6 nitrogen and oxygen atoms in total. The number of carbonyl (C=O) groups excluding carboxylic acids is 2. The molecule has 1 aliphatic rings. The molecule has 1 saturated heterocycles. The van der Waals surface area contributed by atoms with Gasteiger partial charge in [0.2, 0.25) is 0 Å². The lowest BCUT2D eigenvalue weighted by molar-refractivity contribution is -0.132. The van der Waals surface area contributed by atoms with E-state index >= 15 is 0 Å². The lowest BCUT2D eigenvalue weighted by Crippen LogP contribution is -2.29. The van der Waals surface area contributed by atoms with Gasteiger partial charge in [-0.25, -0.2) is 0 Å². The number of anilines is 1. The minimum Gasteiger partial charge on any atom is -0.507 e. The van der Waals surface area contributed by atoms with Crippen LogP contribution in [0, 0.1) is 6.92 Å². The Morgan fingerprint density at radius 2 is 1.75 bits per heavy atom. The molecule has 0 spiro atoms. The minimum atomic E-state index is -0.955. The number of ether oxygens (including phenoxy) is 1. The number of hydrogen-bond donors (Lipinski definition) is 2. The highest BCUT2D eigenvalue weighted by molar-refractivity contribution is 6.51. The summed E-state index contributed by atoms with van der Waals surface area (Å²) < 4.78 is 5.22. The maximum Gasteiger partial charge on any atom is 0.300 e. The molecule has 0 saturated carbocycles. The lowest BCUT2D eigenvalue weighted by Gasteiger charge is -2.26. The maximum atomic E-state index is 13.2. The first-order chi connectivity index (χ1) is 15.3. The number of halogens is 1. The highest BCUT2D eigenvalue weighted by Crippen LogP contribution is 2.44. The van der Waals surface area contributed by atoms with Gasteiger partial charge in [-0.1, -0.05) is 54.1 Å².